The Hall–Kier alpha value is -2.93. The standard InChI is InChI=1S/C26H34FN5O/c1-19(2)18-33-24-10-6-20(7-11-24)16-25-28-26(30-29-25)32(23-12-14-31(3)15-13-23)17-21-4-8-22(27)9-5-21/h4-11,19,23H,12-18H2,1-3H3,(H,28,29,30). The molecule has 1 saturated heterocycles. The summed E-state index contributed by atoms with van der Waals surface area (Å²) in [6.07, 6.45) is 2.79. The molecule has 2 heterocycles. The molecule has 1 fully saturated rings. The van der Waals surface area contributed by atoms with Gasteiger partial charge in [0.1, 0.15) is 17.4 Å². The lowest BCUT2D eigenvalue weighted by Gasteiger charge is -2.36. The van der Waals surface area contributed by atoms with Crippen molar-refractivity contribution in [1.29, 1.82) is 0 Å². The number of anilines is 1. The fraction of sp³-hybridized carbons (Fsp3) is 0.462. The molecule has 6 nitrogen and oxygen atoms in total. The second-order valence-electron chi connectivity index (χ2n) is 9.40. The summed E-state index contributed by atoms with van der Waals surface area (Å²) in [5, 5.41) is 7.69. The quantitative estimate of drug-likeness (QED) is 0.512. The largest absolute Gasteiger partial charge is 0.493 e. The van der Waals surface area contributed by atoms with Crippen molar-refractivity contribution in [2.24, 2.45) is 5.92 Å². The number of nitrogens with zero attached hydrogens (tertiary/aromatic N) is 4. The van der Waals surface area contributed by atoms with Crippen LogP contribution >= 0.6 is 0 Å². The number of benzene rings is 2. The molecule has 2 aromatic carbocycles. The van der Waals surface area contributed by atoms with Crippen molar-refractivity contribution in [3.05, 3.63) is 71.3 Å². The van der Waals surface area contributed by atoms with Gasteiger partial charge in [0, 0.05) is 19.0 Å². The van der Waals surface area contributed by atoms with E-state index in [1.54, 1.807) is 0 Å². The van der Waals surface area contributed by atoms with Crippen LogP contribution in [0.3, 0.4) is 0 Å². The van der Waals surface area contributed by atoms with Crippen LogP contribution in [0.25, 0.3) is 0 Å². The number of halogens is 1. The van der Waals surface area contributed by atoms with E-state index in [9.17, 15) is 4.39 Å². The Bertz CT molecular complexity index is 994. The molecular weight excluding hydrogens is 417 g/mol. The second-order valence-corrected chi connectivity index (χ2v) is 9.40. The third kappa shape index (κ3) is 6.54. The summed E-state index contributed by atoms with van der Waals surface area (Å²) < 4.78 is 19.2. The average Bonchev–Trinajstić information content (AvgIpc) is 3.27. The highest BCUT2D eigenvalue weighted by molar-refractivity contribution is 5.35. The summed E-state index contributed by atoms with van der Waals surface area (Å²) in [7, 11) is 2.16. The molecule has 0 spiro atoms. The van der Waals surface area contributed by atoms with Crippen LogP contribution in [0.1, 0.15) is 43.6 Å². The third-order valence-corrected chi connectivity index (χ3v) is 6.05. The molecule has 0 amide bonds. The van der Waals surface area contributed by atoms with Crippen LogP contribution in [0.15, 0.2) is 48.5 Å². The van der Waals surface area contributed by atoms with Crippen LogP contribution in [0.4, 0.5) is 10.3 Å². The highest BCUT2D eigenvalue weighted by Crippen LogP contribution is 2.24. The normalized spacial score (nSPS) is 15.2. The van der Waals surface area contributed by atoms with Crippen molar-refractivity contribution in [2.75, 3.05) is 31.6 Å². The fourth-order valence-electron chi connectivity index (χ4n) is 4.11. The van der Waals surface area contributed by atoms with Gasteiger partial charge in [0.15, 0.2) is 0 Å². The minimum absolute atomic E-state index is 0.217. The molecule has 0 atom stereocenters. The number of ether oxygens (including phenoxy) is 1. The summed E-state index contributed by atoms with van der Waals surface area (Å²) in [5.74, 6) is 2.71. The van der Waals surface area contributed by atoms with Gasteiger partial charge < -0.3 is 14.5 Å². The molecule has 3 aromatic rings. The molecular formula is C26H34FN5O. The van der Waals surface area contributed by atoms with E-state index in [1.807, 2.05) is 24.3 Å². The lowest BCUT2D eigenvalue weighted by molar-refractivity contribution is 0.248. The number of hydrogen-bond donors (Lipinski definition) is 1. The minimum atomic E-state index is -0.217. The van der Waals surface area contributed by atoms with Crippen LogP contribution in [0.5, 0.6) is 5.75 Å². The number of piperidine rings is 1. The van der Waals surface area contributed by atoms with E-state index in [-0.39, 0.29) is 5.82 Å². The molecule has 176 valence electrons. The maximum atomic E-state index is 13.4. The predicted octanol–water partition coefficient (Wildman–Crippen LogP) is 4.67. The molecule has 7 heteroatoms. The smallest absolute Gasteiger partial charge is 0.245 e. The van der Waals surface area contributed by atoms with Crippen LogP contribution < -0.4 is 9.64 Å². The van der Waals surface area contributed by atoms with Crippen molar-refractivity contribution < 1.29 is 9.13 Å². The first-order chi connectivity index (χ1) is 16.0. The van der Waals surface area contributed by atoms with Gasteiger partial charge in [-0.1, -0.05) is 38.1 Å². The SMILES string of the molecule is CC(C)COc1ccc(Cc2nc(N(Cc3ccc(F)cc3)C3CCN(C)CC3)n[nH]2)cc1. The van der Waals surface area contributed by atoms with E-state index in [1.165, 1.54) is 12.1 Å². The van der Waals surface area contributed by atoms with Gasteiger partial charge in [0.05, 0.1) is 6.61 Å². The number of rotatable bonds is 9. The molecule has 0 radical (unpaired) electrons. The van der Waals surface area contributed by atoms with Gasteiger partial charge >= 0.3 is 0 Å². The molecule has 1 N–H and O–H groups in total. The summed E-state index contributed by atoms with van der Waals surface area (Å²) in [6, 6.07) is 15.2. The second kappa shape index (κ2) is 10.8. The number of likely N-dealkylation sites (tertiary alicyclic amines) is 1. The molecule has 0 bridgehead atoms. The van der Waals surface area contributed by atoms with E-state index < -0.39 is 0 Å². The number of hydrogen-bond acceptors (Lipinski definition) is 5. The predicted molar refractivity (Wildman–Crippen MR) is 129 cm³/mol. The minimum Gasteiger partial charge on any atom is -0.493 e. The Morgan fingerprint density at radius 1 is 1.06 bits per heavy atom. The van der Waals surface area contributed by atoms with Gasteiger partial charge in [-0.3, -0.25) is 5.10 Å². The van der Waals surface area contributed by atoms with Gasteiger partial charge in [-0.15, -0.1) is 5.10 Å². The topological polar surface area (TPSA) is 57.3 Å². The Morgan fingerprint density at radius 3 is 2.39 bits per heavy atom. The molecule has 1 aromatic heterocycles. The van der Waals surface area contributed by atoms with Crippen LogP contribution in [-0.4, -0.2) is 52.9 Å². The third-order valence-electron chi connectivity index (χ3n) is 6.05. The Balaban J connectivity index is 1.46. The van der Waals surface area contributed by atoms with Gasteiger partial charge in [0.25, 0.3) is 0 Å². The number of aromatic amines is 1. The zero-order chi connectivity index (χ0) is 23.2. The molecule has 4 rings (SSSR count). The van der Waals surface area contributed by atoms with Crippen molar-refractivity contribution >= 4 is 5.95 Å². The highest BCUT2D eigenvalue weighted by atomic mass is 19.1. The van der Waals surface area contributed by atoms with Crippen LogP contribution in [-0.2, 0) is 13.0 Å². The lowest BCUT2D eigenvalue weighted by Crippen LogP contribution is -2.44. The zero-order valence-corrected chi connectivity index (χ0v) is 19.8. The van der Waals surface area contributed by atoms with E-state index in [0.717, 1.165) is 48.6 Å². The summed E-state index contributed by atoms with van der Waals surface area (Å²) >= 11 is 0. The first-order valence-corrected chi connectivity index (χ1v) is 11.8. The summed E-state index contributed by atoms with van der Waals surface area (Å²) in [6.45, 7) is 7.75. The number of nitrogens with one attached hydrogen (secondary N) is 1. The molecule has 0 saturated carbocycles. The summed E-state index contributed by atoms with van der Waals surface area (Å²) in [5.41, 5.74) is 2.21. The molecule has 0 aliphatic carbocycles. The van der Waals surface area contributed by atoms with Gasteiger partial charge in [0.2, 0.25) is 5.95 Å². The molecule has 0 unspecified atom stereocenters. The van der Waals surface area contributed by atoms with Crippen LogP contribution in [0.2, 0.25) is 0 Å². The molecule has 1 aliphatic rings. The first kappa shape index (κ1) is 23.2. The number of aromatic nitrogens is 3. The first-order valence-electron chi connectivity index (χ1n) is 11.8. The fourth-order valence-corrected chi connectivity index (χ4v) is 4.11. The highest BCUT2D eigenvalue weighted by Gasteiger charge is 2.26. The van der Waals surface area contributed by atoms with Crippen molar-refractivity contribution in [2.45, 2.75) is 45.7 Å². The van der Waals surface area contributed by atoms with Gasteiger partial charge in [-0.25, -0.2) is 4.39 Å². The van der Waals surface area contributed by atoms with E-state index >= 15 is 0 Å². The van der Waals surface area contributed by atoms with Crippen molar-refractivity contribution in [3.63, 3.8) is 0 Å². The van der Waals surface area contributed by atoms with Gasteiger partial charge in [-0.2, -0.15) is 4.98 Å². The maximum absolute atomic E-state index is 13.4. The Labute approximate surface area is 195 Å². The molecule has 1 aliphatic heterocycles. The van der Waals surface area contributed by atoms with Gasteiger partial charge in [-0.05, 0) is 74.3 Å². The van der Waals surface area contributed by atoms with Crippen molar-refractivity contribution in [1.82, 2.24) is 20.1 Å². The number of H-pyrrole nitrogens is 1. The molecule has 33 heavy (non-hydrogen) atoms. The monoisotopic (exact) mass is 451 g/mol. The maximum Gasteiger partial charge on any atom is 0.245 e. The van der Waals surface area contributed by atoms with E-state index in [2.05, 4.69) is 53.0 Å². The Kier molecular flexibility index (Phi) is 7.60. The van der Waals surface area contributed by atoms with E-state index in [0.29, 0.717) is 37.5 Å². The Morgan fingerprint density at radius 2 is 1.73 bits per heavy atom. The van der Waals surface area contributed by atoms with E-state index in [4.69, 9.17) is 9.72 Å². The zero-order valence-electron chi connectivity index (χ0n) is 19.8. The summed E-state index contributed by atoms with van der Waals surface area (Å²) in [4.78, 5) is 9.45. The van der Waals surface area contributed by atoms with Crippen molar-refractivity contribution in [3.8, 4) is 5.75 Å². The lowest BCUT2D eigenvalue weighted by atomic mass is 10.0. The van der Waals surface area contributed by atoms with Crippen LogP contribution in [0, 0.1) is 11.7 Å². The average molecular weight is 452 g/mol.